The summed E-state index contributed by atoms with van der Waals surface area (Å²) >= 11 is 0. The number of rotatable bonds is 7. The second-order valence-electron chi connectivity index (χ2n) is 7.22. The standard InChI is InChI=1S/C19H30N2O3/c1-7-21(12-17(22)20-19(4,5)6)18(23)13-24-16-10-8-15(9-11-16)14(2)3/h8-11,14H,7,12-13H2,1-6H3,(H,20,22). The molecule has 0 aromatic heterocycles. The van der Waals surface area contributed by atoms with Crippen molar-refractivity contribution in [1.29, 1.82) is 0 Å². The predicted octanol–water partition coefficient (Wildman–Crippen LogP) is 2.95. The van der Waals surface area contributed by atoms with Crippen LogP contribution in [0.25, 0.3) is 0 Å². The van der Waals surface area contributed by atoms with Gasteiger partial charge in [-0.25, -0.2) is 0 Å². The number of ether oxygens (including phenoxy) is 1. The Morgan fingerprint density at radius 2 is 1.75 bits per heavy atom. The van der Waals surface area contributed by atoms with E-state index in [1.54, 1.807) is 0 Å². The van der Waals surface area contributed by atoms with Gasteiger partial charge in [0.15, 0.2) is 6.61 Å². The first-order valence-electron chi connectivity index (χ1n) is 8.44. The van der Waals surface area contributed by atoms with Crippen LogP contribution in [0.15, 0.2) is 24.3 Å². The van der Waals surface area contributed by atoms with E-state index in [1.807, 2.05) is 52.0 Å². The van der Waals surface area contributed by atoms with E-state index >= 15 is 0 Å². The summed E-state index contributed by atoms with van der Waals surface area (Å²) in [7, 11) is 0. The van der Waals surface area contributed by atoms with Crippen LogP contribution in [0.4, 0.5) is 0 Å². The van der Waals surface area contributed by atoms with Crippen molar-refractivity contribution in [3.05, 3.63) is 29.8 Å². The highest BCUT2D eigenvalue weighted by Gasteiger charge is 2.19. The Morgan fingerprint density at radius 3 is 2.21 bits per heavy atom. The quantitative estimate of drug-likeness (QED) is 0.834. The van der Waals surface area contributed by atoms with Gasteiger partial charge in [-0.1, -0.05) is 26.0 Å². The van der Waals surface area contributed by atoms with Crippen LogP contribution in [0.2, 0.25) is 0 Å². The topological polar surface area (TPSA) is 58.6 Å². The fraction of sp³-hybridized carbons (Fsp3) is 0.579. The van der Waals surface area contributed by atoms with E-state index in [2.05, 4.69) is 19.2 Å². The Balaban J connectivity index is 2.53. The van der Waals surface area contributed by atoms with E-state index in [4.69, 9.17) is 4.74 Å². The molecule has 0 spiro atoms. The summed E-state index contributed by atoms with van der Waals surface area (Å²) in [5.41, 5.74) is 0.913. The van der Waals surface area contributed by atoms with Crippen molar-refractivity contribution in [2.45, 2.75) is 53.0 Å². The van der Waals surface area contributed by atoms with Gasteiger partial charge in [0.2, 0.25) is 5.91 Å². The maximum atomic E-state index is 12.2. The molecule has 0 atom stereocenters. The highest BCUT2D eigenvalue weighted by Crippen LogP contribution is 2.18. The first-order chi connectivity index (χ1) is 11.1. The lowest BCUT2D eigenvalue weighted by Crippen LogP contribution is -2.48. The normalized spacial score (nSPS) is 11.3. The number of nitrogens with one attached hydrogen (secondary N) is 1. The smallest absolute Gasteiger partial charge is 0.260 e. The summed E-state index contributed by atoms with van der Waals surface area (Å²) in [5, 5.41) is 2.86. The minimum atomic E-state index is -0.311. The van der Waals surface area contributed by atoms with E-state index in [0.717, 1.165) is 0 Å². The van der Waals surface area contributed by atoms with Gasteiger partial charge in [0.05, 0.1) is 6.54 Å². The van der Waals surface area contributed by atoms with Crippen molar-refractivity contribution in [2.75, 3.05) is 19.7 Å². The Kier molecular flexibility index (Phi) is 7.26. The van der Waals surface area contributed by atoms with E-state index in [1.165, 1.54) is 10.5 Å². The molecule has 134 valence electrons. The fourth-order valence-electron chi connectivity index (χ4n) is 2.19. The molecule has 1 rings (SSSR count). The molecule has 2 amide bonds. The molecule has 1 aromatic carbocycles. The lowest BCUT2D eigenvalue weighted by atomic mass is 10.0. The van der Waals surface area contributed by atoms with E-state index in [-0.39, 0.29) is 30.5 Å². The molecule has 0 bridgehead atoms. The second-order valence-corrected chi connectivity index (χ2v) is 7.22. The molecule has 0 heterocycles. The highest BCUT2D eigenvalue weighted by molar-refractivity contribution is 5.85. The average molecular weight is 334 g/mol. The van der Waals surface area contributed by atoms with Crippen LogP contribution < -0.4 is 10.1 Å². The molecule has 0 aliphatic carbocycles. The van der Waals surface area contributed by atoms with Gasteiger partial charge >= 0.3 is 0 Å². The van der Waals surface area contributed by atoms with Crippen molar-refractivity contribution in [2.24, 2.45) is 0 Å². The third kappa shape index (κ3) is 7.02. The number of benzene rings is 1. The van der Waals surface area contributed by atoms with Gasteiger partial charge < -0.3 is 15.0 Å². The Bertz CT molecular complexity index is 545. The molecular weight excluding hydrogens is 304 g/mol. The van der Waals surface area contributed by atoms with Crippen LogP contribution in [0.1, 0.15) is 53.0 Å². The molecule has 5 nitrogen and oxygen atoms in total. The molecule has 0 radical (unpaired) electrons. The lowest BCUT2D eigenvalue weighted by molar-refractivity contribution is -0.137. The van der Waals surface area contributed by atoms with Crippen LogP contribution in [0.5, 0.6) is 5.75 Å². The summed E-state index contributed by atoms with van der Waals surface area (Å²) in [6.07, 6.45) is 0. The SMILES string of the molecule is CCN(CC(=O)NC(C)(C)C)C(=O)COc1ccc(C(C)C)cc1. The van der Waals surface area contributed by atoms with Crippen molar-refractivity contribution in [3.8, 4) is 5.75 Å². The van der Waals surface area contributed by atoms with Crippen molar-refractivity contribution < 1.29 is 14.3 Å². The zero-order chi connectivity index (χ0) is 18.3. The maximum Gasteiger partial charge on any atom is 0.260 e. The highest BCUT2D eigenvalue weighted by atomic mass is 16.5. The van der Waals surface area contributed by atoms with Crippen LogP contribution in [0.3, 0.4) is 0 Å². The molecule has 0 fully saturated rings. The number of likely N-dealkylation sites (N-methyl/N-ethyl adjacent to an activating group) is 1. The fourth-order valence-corrected chi connectivity index (χ4v) is 2.19. The Labute approximate surface area is 145 Å². The Morgan fingerprint density at radius 1 is 1.17 bits per heavy atom. The van der Waals surface area contributed by atoms with E-state index in [9.17, 15) is 9.59 Å². The van der Waals surface area contributed by atoms with Crippen LogP contribution in [-0.4, -0.2) is 41.9 Å². The molecule has 0 unspecified atom stereocenters. The van der Waals surface area contributed by atoms with Gasteiger partial charge in [0, 0.05) is 12.1 Å². The zero-order valence-electron chi connectivity index (χ0n) is 15.7. The molecule has 24 heavy (non-hydrogen) atoms. The minimum absolute atomic E-state index is 0.0439. The van der Waals surface area contributed by atoms with Gasteiger partial charge in [0.1, 0.15) is 5.75 Å². The second kappa shape index (κ2) is 8.71. The molecule has 5 heteroatoms. The Hall–Kier alpha value is -2.04. The van der Waals surface area contributed by atoms with Crippen LogP contribution in [-0.2, 0) is 9.59 Å². The number of hydrogen-bond donors (Lipinski definition) is 1. The first kappa shape index (κ1) is 20.0. The third-order valence-corrected chi connectivity index (χ3v) is 3.49. The third-order valence-electron chi connectivity index (χ3n) is 3.49. The summed E-state index contributed by atoms with van der Waals surface area (Å²) in [6.45, 7) is 12.3. The van der Waals surface area contributed by atoms with Crippen molar-refractivity contribution >= 4 is 11.8 Å². The molecule has 0 saturated heterocycles. The zero-order valence-corrected chi connectivity index (χ0v) is 15.7. The lowest BCUT2D eigenvalue weighted by Gasteiger charge is -2.25. The number of hydrogen-bond acceptors (Lipinski definition) is 3. The van der Waals surface area contributed by atoms with Gasteiger partial charge in [-0.2, -0.15) is 0 Å². The molecule has 0 aliphatic rings. The number of carbonyl (C=O) groups is 2. The molecule has 1 N–H and O–H groups in total. The summed E-state index contributed by atoms with van der Waals surface area (Å²) in [6, 6.07) is 7.73. The van der Waals surface area contributed by atoms with Crippen molar-refractivity contribution in [1.82, 2.24) is 10.2 Å². The summed E-state index contributed by atoms with van der Waals surface area (Å²) in [5.74, 6) is 0.744. The molecular formula is C19H30N2O3. The number of amides is 2. The predicted molar refractivity (Wildman–Crippen MR) is 96.2 cm³/mol. The largest absolute Gasteiger partial charge is 0.484 e. The maximum absolute atomic E-state index is 12.2. The van der Waals surface area contributed by atoms with Gasteiger partial charge in [-0.05, 0) is 51.3 Å². The van der Waals surface area contributed by atoms with Gasteiger partial charge in [-0.15, -0.1) is 0 Å². The number of carbonyl (C=O) groups excluding carboxylic acids is 2. The number of nitrogens with zero attached hydrogens (tertiary/aromatic N) is 1. The van der Waals surface area contributed by atoms with Crippen LogP contribution in [0, 0.1) is 0 Å². The summed E-state index contributed by atoms with van der Waals surface area (Å²) < 4.78 is 5.54. The molecule has 0 saturated carbocycles. The first-order valence-corrected chi connectivity index (χ1v) is 8.44. The summed E-state index contributed by atoms with van der Waals surface area (Å²) in [4.78, 5) is 25.7. The van der Waals surface area contributed by atoms with E-state index < -0.39 is 0 Å². The molecule has 0 aliphatic heterocycles. The molecule has 1 aromatic rings. The monoisotopic (exact) mass is 334 g/mol. The van der Waals surface area contributed by atoms with E-state index in [0.29, 0.717) is 18.2 Å². The van der Waals surface area contributed by atoms with Crippen molar-refractivity contribution in [3.63, 3.8) is 0 Å². The minimum Gasteiger partial charge on any atom is -0.484 e. The average Bonchev–Trinajstić information content (AvgIpc) is 2.48. The van der Waals surface area contributed by atoms with Gasteiger partial charge in [-0.3, -0.25) is 9.59 Å². The van der Waals surface area contributed by atoms with Gasteiger partial charge in [0.25, 0.3) is 5.91 Å². The van der Waals surface area contributed by atoms with Crippen LogP contribution >= 0.6 is 0 Å².